The number of nitrogens with zero attached hydrogens (tertiary/aromatic N) is 1. The molecule has 0 fully saturated rings. The molecule has 6 nitrogen and oxygen atoms in total. The number of carbonyl (C=O) groups excluding carboxylic acids is 1. The molecule has 0 unspecified atom stereocenters. The molecule has 0 aromatic heterocycles. The Kier molecular flexibility index (Phi) is 4.85. The van der Waals surface area contributed by atoms with E-state index in [0.29, 0.717) is 5.56 Å². The van der Waals surface area contributed by atoms with Crippen LogP contribution in [0.2, 0.25) is 0 Å². The summed E-state index contributed by atoms with van der Waals surface area (Å²) in [6.07, 6.45) is 1.17. The summed E-state index contributed by atoms with van der Waals surface area (Å²) in [7, 11) is 0. The van der Waals surface area contributed by atoms with Gasteiger partial charge in [0.2, 0.25) is 5.75 Å². The van der Waals surface area contributed by atoms with Gasteiger partial charge in [-0.05, 0) is 35.4 Å². The molecule has 0 saturated heterocycles. The summed E-state index contributed by atoms with van der Waals surface area (Å²) in [5, 5.41) is 32.2. The molecule has 3 aromatic carbocycles. The van der Waals surface area contributed by atoms with E-state index in [1.165, 1.54) is 18.3 Å². The van der Waals surface area contributed by atoms with Crippen LogP contribution in [0.25, 0.3) is 11.1 Å². The molecule has 26 heavy (non-hydrogen) atoms. The van der Waals surface area contributed by atoms with Gasteiger partial charge in [0.05, 0.1) is 6.21 Å². The first-order chi connectivity index (χ1) is 12.6. The fraction of sp³-hybridized carbons (Fsp3) is 0. The smallest absolute Gasteiger partial charge is 0.271 e. The van der Waals surface area contributed by atoms with Gasteiger partial charge >= 0.3 is 0 Å². The van der Waals surface area contributed by atoms with Gasteiger partial charge in [-0.3, -0.25) is 4.79 Å². The second-order valence-corrected chi connectivity index (χ2v) is 5.51. The van der Waals surface area contributed by atoms with E-state index in [4.69, 9.17) is 0 Å². The van der Waals surface area contributed by atoms with Crippen molar-refractivity contribution in [1.29, 1.82) is 0 Å². The molecule has 0 aliphatic heterocycles. The number of amides is 1. The van der Waals surface area contributed by atoms with Crippen molar-refractivity contribution in [3.8, 4) is 28.4 Å². The fourth-order valence-electron chi connectivity index (χ4n) is 2.36. The minimum Gasteiger partial charge on any atom is -0.504 e. The third-order valence-electron chi connectivity index (χ3n) is 3.79. The molecule has 0 aliphatic carbocycles. The lowest BCUT2D eigenvalue weighted by molar-refractivity contribution is 0.0955. The first-order valence-corrected chi connectivity index (χ1v) is 7.79. The minimum absolute atomic E-state index is 0.153. The van der Waals surface area contributed by atoms with Crippen molar-refractivity contribution in [2.24, 2.45) is 5.10 Å². The van der Waals surface area contributed by atoms with E-state index in [9.17, 15) is 20.1 Å². The van der Waals surface area contributed by atoms with E-state index in [0.717, 1.165) is 11.1 Å². The molecule has 4 N–H and O–H groups in total. The van der Waals surface area contributed by atoms with Gasteiger partial charge in [0, 0.05) is 11.1 Å². The minimum atomic E-state index is -0.642. The van der Waals surface area contributed by atoms with Crippen LogP contribution in [-0.2, 0) is 0 Å². The zero-order valence-electron chi connectivity index (χ0n) is 13.6. The van der Waals surface area contributed by atoms with Crippen LogP contribution in [0.1, 0.15) is 15.9 Å². The number of phenols is 3. The van der Waals surface area contributed by atoms with Crippen LogP contribution in [0.5, 0.6) is 17.2 Å². The number of nitrogens with one attached hydrogen (secondary N) is 1. The number of aromatic hydroxyl groups is 3. The quantitative estimate of drug-likeness (QED) is 0.330. The molecule has 0 bridgehead atoms. The maximum atomic E-state index is 12.1. The van der Waals surface area contributed by atoms with Gasteiger partial charge in [0.15, 0.2) is 11.5 Å². The Morgan fingerprint density at radius 1 is 0.808 bits per heavy atom. The second kappa shape index (κ2) is 7.40. The van der Waals surface area contributed by atoms with Gasteiger partial charge in [-0.15, -0.1) is 0 Å². The molecule has 0 spiro atoms. The van der Waals surface area contributed by atoms with E-state index in [-0.39, 0.29) is 5.56 Å². The van der Waals surface area contributed by atoms with Crippen LogP contribution >= 0.6 is 0 Å². The monoisotopic (exact) mass is 348 g/mol. The average molecular weight is 348 g/mol. The van der Waals surface area contributed by atoms with Crippen molar-refractivity contribution in [2.45, 2.75) is 0 Å². The molecule has 0 radical (unpaired) electrons. The number of carbonyl (C=O) groups is 1. The molecule has 0 aliphatic rings. The number of hydrazone groups is 1. The van der Waals surface area contributed by atoms with Gasteiger partial charge < -0.3 is 15.3 Å². The fourth-order valence-corrected chi connectivity index (χ4v) is 2.36. The third kappa shape index (κ3) is 3.64. The number of phenolic OH excluding ortho intramolecular Hbond substituents is 3. The molecule has 0 saturated carbocycles. The molecule has 1 amide bonds. The summed E-state index contributed by atoms with van der Waals surface area (Å²) in [6.45, 7) is 0. The third-order valence-corrected chi connectivity index (χ3v) is 3.79. The molecule has 6 heteroatoms. The molecular formula is C20H16N2O4. The van der Waals surface area contributed by atoms with Crippen LogP contribution in [-0.4, -0.2) is 27.4 Å². The van der Waals surface area contributed by atoms with Crippen molar-refractivity contribution in [1.82, 2.24) is 5.43 Å². The molecule has 0 atom stereocenters. The van der Waals surface area contributed by atoms with Gasteiger partial charge in [-0.25, -0.2) is 5.43 Å². The van der Waals surface area contributed by atoms with Gasteiger partial charge in [0.25, 0.3) is 5.91 Å². The van der Waals surface area contributed by atoms with Gasteiger partial charge in [-0.2, -0.15) is 5.10 Å². The van der Waals surface area contributed by atoms with E-state index in [2.05, 4.69) is 10.5 Å². The summed E-state index contributed by atoms with van der Waals surface area (Å²) in [4.78, 5) is 12.1. The molecule has 3 aromatic rings. The van der Waals surface area contributed by atoms with E-state index < -0.39 is 23.2 Å². The first kappa shape index (κ1) is 17.0. The van der Waals surface area contributed by atoms with E-state index in [1.54, 1.807) is 12.1 Å². The predicted octanol–water partition coefficient (Wildman–Crippen LogP) is 3.23. The van der Waals surface area contributed by atoms with Crippen LogP contribution in [0, 0.1) is 0 Å². The lowest BCUT2D eigenvalue weighted by Crippen LogP contribution is -2.17. The van der Waals surface area contributed by atoms with Crippen molar-refractivity contribution in [2.75, 3.05) is 0 Å². The Morgan fingerprint density at radius 2 is 1.46 bits per heavy atom. The SMILES string of the molecule is O=C(N/N=C/c1ccc(O)c(O)c1O)c1ccc(-c2ccccc2)cc1. The van der Waals surface area contributed by atoms with Crippen molar-refractivity contribution >= 4 is 12.1 Å². The molecule has 0 heterocycles. The maximum Gasteiger partial charge on any atom is 0.271 e. The summed E-state index contributed by atoms with van der Waals surface area (Å²) in [6, 6.07) is 19.4. The normalized spacial score (nSPS) is 10.8. The van der Waals surface area contributed by atoms with E-state index in [1.807, 2.05) is 42.5 Å². The number of hydrogen-bond donors (Lipinski definition) is 4. The van der Waals surface area contributed by atoms with Crippen LogP contribution < -0.4 is 5.43 Å². The lowest BCUT2D eigenvalue weighted by atomic mass is 10.0. The Bertz CT molecular complexity index is 952. The topological polar surface area (TPSA) is 102 Å². The van der Waals surface area contributed by atoms with Crippen LogP contribution in [0.15, 0.2) is 71.8 Å². The maximum absolute atomic E-state index is 12.1. The number of hydrogen-bond acceptors (Lipinski definition) is 5. The second-order valence-electron chi connectivity index (χ2n) is 5.51. The summed E-state index contributed by atoms with van der Waals surface area (Å²) >= 11 is 0. The standard InChI is InChI=1S/C20H16N2O4/c23-17-11-10-16(18(24)19(17)25)12-21-22-20(26)15-8-6-14(7-9-15)13-4-2-1-3-5-13/h1-12,23-25H,(H,22,26)/b21-12+. The highest BCUT2D eigenvalue weighted by atomic mass is 16.3. The summed E-state index contributed by atoms with van der Waals surface area (Å²) in [5.41, 5.74) is 4.98. The van der Waals surface area contributed by atoms with Crippen molar-refractivity contribution < 1.29 is 20.1 Å². The average Bonchev–Trinajstić information content (AvgIpc) is 2.68. The lowest BCUT2D eigenvalue weighted by Gasteiger charge is -2.05. The highest BCUT2D eigenvalue weighted by Gasteiger charge is 2.09. The van der Waals surface area contributed by atoms with Gasteiger partial charge in [-0.1, -0.05) is 42.5 Å². The Balaban J connectivity index is 1.68. The molecule has 130 valence electrons. The highest BCUT2D eigenvalue weighted by Crippen LogP contribution is 2.36. The molecular weight excluding hydrogens is 332 g/mol. The first-order valence-electron chi connectivity index (χ1n) is 7.79. The van der Waals surface area contributed by atoms with Gasteiger partial charge in [0.1, 0.15) is 0 Å². The predicted molar refractivity (Wildman–Crippen MR) is 98.4 cm³/mol. The highest BCUT2D eigenvalue weighted by molar-refractivity contribution is 5.95. The number of benzene rings is 3. The summed E-state index contributed by atoms with van der Waals surface area (Å²) < 4.78 is 0. The molecule has 3 rings (SSSR count). The zero-order valence-corrected chi connectivity index (χ0v) is 13.6. The van der Waals surface area contributed by atoms with Crippen LogP contribution in [0.3, 0.4) is 0 Å². The van der Waals surface area contributed by atoms with Crippen molar-refractivity contribution in [3.63, 3.8) is 0 Å². The van der Waals surface area contributed by atoms with E-state index >= 15 is 0 Å². The summed E-state index contributed by atoms with van der Waals surface area (Å²) in [5.74, 6) is -2.02. The zero-order chi connectivity index (χ0) is 18.5. The Morgan fingerprint density at radius 3 is 2.15 bits per heavy atom. The van der Waals surface area contributed by atoms with Crippen LogP contribution in [0.4, 0.5) is 0 Å². The number of rotatable bonds is 4. The van der Waals surface area contributed by atoms with Crippen molar-refractivity contribution in [3.05, 3.63) is 77.9 Å². The Hall–Kier alpha value is -3.80. The largest absolute Gasteiger partial charge is 0.504 e. The Labute approximate surface area is 149 Å².